The number of carbonyl (C=O) groups excluding carboxylic acids is 1. The van der Waals surface area contributed by atoms with Gasteiger partial charge >= 0.3 is 0 Å². The largest absolute Gasteiger partial charge is 0.329 e. The lowest BCUT2D eigenvalue weighted by Crippen LogP contribution is -2.48. The smallest absolute Gasteiger partial charge is 0.254 e. The van der Waals surface area contributed by atoms with Crippen molar-refractivity contribution >= 4 is 17.5 Å². The summed E-state index contributed by atoms with van der Waals surface area (Å²) in [5.41, 5.74) is 8.29. The number of rotatable bonds is 3. The number of halogens is 1. The lowest BCUT2D eigenvalue weighted by atomic mass is 10.0. The molecule has 0 aromatic heterocycles. The maximum Gasteiger partial charge on any atom is 0.254 e. The Labute approximate surface area is 141 Å². The molecule has 3 rings (SSSR count). The molecule has 1 aliphatic heterocycles. The fourth-order valence-electron chi connectivity index (χ4n) is 2.92. The van der Waals surface area contributed by atoms with Crippen molar-refractivity contribution in [2.24, 2.45) is 5.73 Å². The fraction of sp³-hybridized carbons (Fsp3) is 0.278. The number of nitrogens with zero attached hydrogens (tertiary/aromatic N) is 1. The molecule has 0 bridgehead atoms. The van der Waals surface area contributed by atoms with Gasteiger partial charge in [0.1, 0.15) is 0 Å². The van der Waals surface area contributed by atoms with Gasteiger partial charge in [-0.3, -0.25) is 4.79 Å². The van der Waals surface area contributed by atoms with Crippen LogP contribution in [0, 0.1) is 0 Å². The standard InChI is InChI=1S/C18H20ClN3O/c19-16-4-2-1-3-15(16)17-12-21-9-10-22(17)18(23)14-7-5-13(11-20)6-8-14/h1-8,17,21H,9-12,20H2/t17-/m1/s1. The lowest BCUT2D eigenvalue weighted by molar-refractivity contribution is 0.0634. The molecule has 2 aromatic rings. The molecule has 1 saturated heterocycles. The van der Waals surface area contributed by atoms with Crippen LogP contribution in [0.15, 0.2) is 48.5 Å². The van der Waals surface area contributed by atoms with Gasteiger partial charge in [-0.25, -0.2) is 0 Å². The highest BCUT2D eigenvalue weighted by Gasteiger charge is 2.29. The molecule has 0 unspecified atom stereocenters. The Hall–Kier alpha value is -1.88. The first-order valence-electron chi connectivity index (χ1n) is 7.76. The number of piperazine rings is 1. The van der Waals surface area contributed by atoms with Gasteiger partial charge in [0.05, 0.1) is 6.04 Å². The third kappa shape index (κ3) is 3.39. The molecule has 3 N–H and O–H groups in total. The summed E-state index contributed by atoms with van der Waals surface area (Å²) in [6.07, 6.45) is 0. The number of hydrogen-bond donors (Lipinski definition) is 2. The lowest BCUT2D eigenvalue weighted by Gasteiger charge is -2.37. The van der Waals surface area contributed by atoms with Crippen molar-refractivity contribution < 1.29 is 4.79 Å². The average molecular weight is 330 g/mol. The molecule has 120 valence electrons. The Morgan fingerprint density at radius 3 is 2.65 bits per heavy atom. The van der Waals surface area contributed by atoms with Crippen LogP contribution in [-0.4, -0.2) is 30.4 Å². The highest BCUT2D eigenvalue weighted by molar-refractivity contribution is 6.31. The molecule has 23 heavy (non-hydrogen) atoms. The topological polar surface area (TPSA) is 58.4 Å². The maximum absolute atomic E-state index is 12.9. The summed E-state index contributed by atoms with van der Waals surface area (Å²) >= 11 is 6.33. The van der Waals surface area contributed by atoms with Crippen LogP contribution in [0.25, 0.3) is 0 Å². The van der Waals surface area contributed by atoms with Crippen molar-refractivity contribution in [3.63, 3.8) is 0 Å². The number of nitrogens with one attached hydrogen (secondary N) is 1. The summed E-state index contributed by atoms with van der Waals surface area (Å²) in [5, 5.41) is 4.04. The number of amides is 1. The molecule has 5 heteroatoms. The highest BCUT2D eigenvalue weighted by atomic mass is 35.5. The van der Waals surface area contributed by atoms with Gasteiger partial charge in [-0.15, -0.1) is 0 Å². The van der Waals surface area contributed by atoms with Gasteiger partial charge < -0.3 is 16.0 Å². The molecular weight excluding hydrogens is 310 g/mol. The quantitative estimate of drug-likeness (QED) is 0.910. The van der Waals surface area contributed by atoms with Crippen molar-refractivity contribution in [1.29, 1.82) is 0 Å². The van der Waals surface area contributed by atoms with Crippen molar-refractivity contribution in [3.05, 3.63) is 70.2 Å². The molecular formula is C18H20ClN3O. The van der Waals surface area contributed by atoms with Gasteiger partial charge in [0.2, 0.25) is 0 Å². The SMILES string of the molecule is NCc1ccc(C(=O)N2CCNC[C@@H]2c2ccccc2Cl)cc1. The van der Waals surface area contributed by atoms with Crippen LogP contribution in [0.2, 0.25) is 5.02 Å². The minimum atomic E-state index is -0.0564. The second-order valence-electron chi connectivity index (χ2n) is 5.64. The normalized spacial score (nSPS) is 18.0. The van der Waals surface area contributed by atoms with Crippen LogP contribution in [0.3, 0.4) is 0 Å². The van der Waals surface area contributed by atoms with E-state index in [0.29, 0.717) is 30.2 Å². The zero-order valence-electron chi connectivity index (χ0n) is 12.8. The number of benzene rings is 2. The van der Waals surface area contributed by atoms with E-state index in [4.69, 9.17) is 17.3 Å². The van der Waals surface area contributed by atoms with E-state index in [1.165, 1.54) is 0 Å². The Bertz CT molecular complexity index is 687. The van der Waals surface area contributed by atoms with Gasteiger partial charge in [0.15, 0.2) is 0 Å². The number of carbonyl (C=O) groups is 1. The predicted molar refractivity (Wildman–Crippen MR) is 92.4 cm³/mol. The Kier molecular flexibility index (Phi) is 4.96. The van der Waals surface area contributed by atoms with E-state index < -0.39 is 0 Å². The zero-order valence-corrected chi connectivity index (χ0v) is 13.6. The number of nitrogens with two attached hydrogens (primary N) is 1. The summed E-state index contributed by atoms with van der Waals surface area (Å²) in [7, 11) is 0. The Balaban J connectivity index is 1.88. The van der Waals surface area contributed by atoms with Crippen molar-refractivity contribution in [1.82, 2.24) is 10.2 Å². The molecule has 1 fully saturated rings. The summed E-state index contributed by atoms with van der Waals surface area (Å²) < 4.78 is 0. The predicted octanol–water partition coefficient (Wildman–Crippen LogP) is 2.59. The van der Waals surface area contributed by atoms with E-state index in [-0.39, 0.29) is 11.9 Å². The van der Waals surface area contributed by atoms with E-state index >= 15 is 0 Å². The van der Waals surface area contributed by atoms with Crippen LogP contribution in [0.4, 0.5) is 0 Å². The Morgan fingerprint density at radius 1 is 1.22 bits per heavy atom. The molecule has 0 spiro atoms. The van der Waals surface area contributed by atoms with Gasteiger partial charge in [-0.1, -0.05) is 41.9 Å². The summed E-state index contributed by atoms with van der Waals surface area (Å²) in [6, 6.07) is 15.1. The third-order valence-electron chi connectivity index (χ3n) is 4.21. The molecule has 1 amide bonds. The fourth-order valence-corrected chi connectivity index (χ4v) is 3.18. The molecule has 0 aliphatic carbocycles. The zero-order chi connectivity index (χ0) is 16.2. The van der Waals surface area contributed by atoms with Gasteiger partial charge in [0.25, 0.3) is 5.91 Å². The van der Waals surface area contributed by atoms with Gasteiger partial charge in [-0.05, 0) is 29.3 Å². The van der Waals surface area contributed by atoms with E-state index in [2.05, 4.69) is 5.32 Å². The molecule has 0 radical (unpaired) electrons. The maximum atomic E-state index is 12.9. The first-order valence-corrected chi connectivity index (χ1v) is 8.13. The highest BCUT2D eigenvalue weighted by Crippen LogP contribution is 2.29. The third-order valence-corrected chi connectivity index (χ3v) is 4.55. The molecule has 4 nitrogen and oxygen atoms in total. The molecule has 1 aliphatic rings. The van der Waals surface area contributed by atoms with Crippen LogP contribution < -0.4 is 11.1 Å². The monoisotopic (exact) mass is 329 g/mol. The van der Waals surface area contributed by atoms with Gasteiger partial charge in [0, 0.05) is 36.8 Å². The Morgan fingerprint density at radius 2 is 1.96 bits per heavy atom. The van der Waals surface area contributed by atoms with Crippen LogP contribution >= 0.6 is 11.6 Å². The van der Waals surface area contributed by atoms with E-state index in [1.54, 1.807) is 0 Å². The van der Waals surface area contributed by atoms with Gasteiger partial charge in [-0.2, -0.15) is 0 Å². The number of hydrogen-bond acceptors (Lipinski definition) is 3. The molecule has 1 heterocycles. The average Bonchev–Trinajstić information content (AvgIpc) is 2.62. The second kappa shape index (κ2) is 7.13. The summed E-state index contributed by atoms with van der Waals surface area (Å²) in [6.45, 7) is 2.63. The van der Waals surface area contributed by atoms with Crippen LogP contribution in [0.1, 0.15) is 27.5 Å². The van der Waals surface area contributed by atoms with Crippen LogP contribution in [0.5, 0.6) is 0 Å². The molecule has 2 aromatic carbocycles. The van der Waals surface area contributed by atoms with E-state index in [9.17, 15) is 4.79 Å². The van der Waals surface area contributed by atoms with E-state index in [1.807, 2.05) is 53.4 Å². The van der Waals surface area contributed by atoms with E-state index in [0.717, 1.165) is 17.7 Å². The minimum absolute atomic E-state index is 0.0278. The second-order valence-corrected chi connectivity index (χ2v) is 6.05. The first kappa shape index (κ1) is 16.0. The van der Waals surface area contributed by atoms with Crippen LogP contribution in [-0.2, 0) is 6.54 Å². The summed E-state index contributed by atoms with van der Waals surface area (Å²) in [5.74, 6) is 0.0278. The molecule has 0 saturated carbocycles. The first-order chi connectivity index (χ1) is 11.2. The molecule has 1 atom stereocenters. The van der Waals surface area contributed by atoms with Crippen molar-refractivity contribution in [2.45, 2.75) is 12.6 Å². The minimum Gasteiger partial charge on any atom is -0.329 e. The van der Waals surface area contributed by atoms with Crippen molar-refractivity contribution in [2.75, 3.05) is 19.6 Å². The van der Waals surface area contributed by atoms with Crippen molar-refractivity contribution in [3.8, 4) is 0 Å². The summed E-state index contributed by atoms with van der Waals surface area (Å²) in [4.78, 5) is 14.8.